The molecule has 1 aliphatic heterocycles. The summed E-state index contributed by atoms with van der Waals surface area (Å²) in [4.78, 5) is 11.4. The molecule has 0 bridgehead atoms. The Kier molecular flexibility index (Phi) is 2.33. The second-order valence-corrected chi connectivity index (χ2v) is 4.38. The van der Waals surface area contributed by atoms with Gasteiger partial charge < -0.3 is 5.32 Å². The van der Waals surface area contributed by atoms with E-state index < -0.39 is 0 Å². The second kappa shape index (κ2) is 3.47. The lowest BCUT2D eigenvalue weighted by molar-refractivity contribution is -0.112. The van der Waals surface area contributed by atoms with E-state index in [1.165, 1.54) is 0 Å². The monoisotopic (exact) mass is 209 g/mol. The van der Waals surface area contributed by atoms with Crippen LogP contribution in [0.25, 0.3) is 0 Å². The van der Waals surface area contributed by atoms with Gasteiger partial charge in [0, 0.05) is 0 Å². The third-order valence-corrected chi connectivity index (χ3v) is 2.93. The van der Waals surface area contributed by atoms with Crippen LogP contribution < -0.4 is 5.32 Å². The molecule has 1 fully saturated rings. The average molecular weight is 209 g/mol. The van der Waals surface area contributed by atoms with Crippen molar-refractivity contribution in [2.45, 2.75) is 6.04 Å². The number of nitrogens with one attached hydrogen (secondary N) is 1. The van der Waals surface area contributed by atoms with Gasteiger partial charge in [0.1, 0.15) is 10.4 Å². The summed E-state index contributed by atoms with van der Waals surface area (Å²) >= 11 is 6.01. The quantitative estimate of drug-likeness (QED) is 0.715. The third-order valence-electron chi connectivity index (χ3n) is 1.82. The Morgan fingerprint density at radius 3 is 2.54 bits per heavy atom. The first-order valence-corrected chi connectivity index (χ1v) is 5.07. The molecule has 1 heterocycles. The van der Waals surface area contributed by atoms with Gasteiger partial charge in [0.2, 0.25) is 5.12 Å². The van der Waals surface area contributed by atoms with Gasteiger partial charge in [-0.25, -0.2) is 0 Å². The SMILES string of the molecule is O=C1SC(=S)N[C@H]1c1ccccc1. The van der Waals surface area contributed by atoms with E-state index in [1.54, 1.807) is 0 Å². The fourth-order valence-corrected chi connectivity index (χ4v) is 2.26. The zero-order valence-corrected chi connectivity index (χ0v) is 8.32. The third kappa shape index (κ3) is 1.73. The second-order valence-electron chi connectivity index (χ2n) is 2.70. The summed E-state index contributed by atoms with van der Waals surface area (Å²) in [5.41, 5.74) is 0.972. The van der Waals surface area contributed by atoms with Crippen LogP contribution in [0, 0.1) is 0 Å². The normalized spacial score (nSPS) is 21.7. The molecule has 66 valence electrons. The van der Waals surface area contributed by atoms with Gasteiger partial charge in [-0.3, -0.25) is 4.79 Å². The van der Waals surface area contributed by atoms with Crippen molar-refractivity contribution in [1.82, 2.24) is 5.32 Å². The number of thiocarbonyl (C=S) groups is 1. The van der Waals surface area contributed by atoms with Gasteiger partial charge in [0.25, 0.3) is 0 Å². The number of benzene rings is 1. The van der Waals surface area contributed by atoms with Crippen molar-refractivity contribution >= 4 is 33.4 Å². The van der Waals surface area contributed by atoms with Crippen molar-refractivity contribution in [2.75, 3.05) is 0 Å². The molecule has 1 aromatic rings. The summed E-state index contributed by atoms with van der Waals surface area (Å²) in [6.07, 6.45) is 0. The smallest absolute Gasteiger partial charge is 0.222 e. The van der Waals surface area contributed by atoms with Crippen LogP contribution in [0.15, 0.2) is 30.3 Å². The van der Waals surface area contributed by atoms with Crippen molar-refractivity contribution in [2.24, 2.45) is 0 Å². The minimum Gasteiger partial charge on any atom is -0.356 e. The maximum atomic E-state index is 11.4. The molecule has 0 unspecified atom stereocenters. The Morgan fingerprint density at radius 1 is 1.31 bits per heavy atom. The molecule has 0 spiro atoms. The molecular weight excluding hydrogens is 202 g/mol. The first-order valence-electron chi connectivity index (χ1n) is 3.84. The number of rotatable bonds is 1. The predicted molar refractivity (Wildman–Crippen MR) is 57.5 cm³/mol. The molecule has 1 saturated heterocycles. The molecular formula is C9H7NOS2. The topological polar surface area (TPSA) is 29.1 Å². The molecule has 4 heteroatoms. The lowest BCUT2D eigenvalue weighted by Crippen LogP contribution is -2.19. The molecule has 2 rings (SSSR count). The average Bonchev–Trinajstić information content (AvgIpc) is 2.47. The summed E-state index contributed by atoms with van der Waals surface area (Å²) in [5.74, 6) is 0. The maximum absolute atomic E-state index is 11.4. The fourth-order valence-electron chi connectivity index (χ4n) is 1.22. The maximum Gasteiger partial charge on any atom is 0.222 e. The molecule has 0 radical (unpaired) electrons. The predicted octanol–water partition coefficient (Wildman–Crippen LogP) is 1.88. The minimum absolute atomic E-state index is 0.0798. The number of carbonyl (C=O) groups is 1. The van der Waals surface area contributed by atoms with E-state index in [1.807, 2.05) is 30.3 Å². The van der Waals surface area contributed by atoms with Gasteiger partial charge in [-0.2, -0.15) is 0 Å². The standard InChI is InChI=1S/C9H7NOS2/c11-8-7(10-9(12)13-8)6-4-2-1-3-5-6/h1-5,7H,(H,10,12)/t7-/m0/s1. The van der Waals surface area contributed by atoms with E-state index >= 15 is 0 Å². The minimum atomic E-state index is -0.251. The van der Waals surface area contributed by atoms with Crippen LogP contribution in [0.3, 0.4) is 0 Å². The van der Waals surface area contributed by atoms with Crippen LogP contribution in [0.4, 0.5) is 0 Å². The highest BCUT2D eigenvalue weighted by Gasteiger charge is 2.29. The zero-order chi connectivity index (χ0) is 9.26. The Hall–Kier alpha value is -0.870. The summed E-state index contributed by atoms with van der Waals surface area (Å²) in [6.45, 7) is 0. The van der Waals surface area contributed by atoms with Gasteiger partial charge >= 0.3 is 0 Å². The Morgan fingerprint density at radius 2 is 2.00 bits per heavy atom. The van der Waals surface area contributed by atoms with Gasteiger partial charge in [0.05, 0.1) is 0 Å². The van der Waals surface area contributed by atoms with Gasteiger partial charge in [-0.1, -0.05) is 42.5 Å². The molecule has 1 aliphatic rings. The molecule has 1 N–H and O–H groups in total. The molecule has 1 atom stereocenters. The first-order chi connectivity index (χ1) is 6.27. The zero-order valence-electron chi connectivity index (χ0n) is 6.69. The fraction of sp³-hybridized carbons (Fsp3) is 0.111. The molecule has 13 heavy (non-hydrogen) atoms. The highest BCUT2D eigenvalue weighted by atomic mass is 32.2. The lowest BCUT2D eigenvalue weighted by Gasteiger charge is -2.07. The Balaban J connectivity index is 2.28. The van der Waals surface area contributed by atoms with Crippen LogP contribution in [0.1, 0.15) is 11.6 Å². The van der Waals surface area contributed by atoms with Crippen LogP contribution in [0.2, 0.25) is 0 Å². The van der Waals surface area contributed by atoms with Crippen molar-refractivity contribution < 1.29 is 4.79 Å². The first kappa shape index (κ1) is 8.72. The summed E-state index contributed by atoms with van der Waals surface area (Å²) in [6, 6.07) is 9.34. The number of hydrogen-bond acceptors (Lipinski definition) is 3. The highest BCUT2D eigenvalue weighted by Crippen LogP contribution is 2.27. The number of thioether (sulfide) groups is 1. The Labute approximate surface area is 85.7 Å². The number of carbonyl (C=O) groups excluding carboxylic acids is 1. The Bertz CT molecular complexity index is 350. The summed E-state index contributed by atoms with van der Waals surface area (Å²) in [5, 5.41) is 3.04. The van der Waals surface area contributed by atoms with E-state index in [0.717, 1.165) is 17.3 Å². The van der Waals surface area contributed by atoms with E-state index in [4.69, 9.17) is 12.2 Å². The molecule has 0 aromatic heterocycles. The molecule has 0 saturated carbocycles. The summed E-state index contributed by atoms with van der Waals surface area (Å²) in [7, 11) is 0. The van der Waals surface area contributed by atoms with Crippen LogP contribution in [-0.4, -0.2) is 9.44 Å². The number of hydrogen-bond donors (Lipinski definition) is 1. The molecule has 0 amide bonds. The highest BCUT2D eigenvalue weighted by molar-refractivity contribution is 8.33. The van der Waals surface area contributed by atoms with Gasteiger partial charge in [-0.05, 0) is 17.3 Å². The lowest BCUT2D eigenvalue weighted by atomic mass is 10.1. The van der Waals surface area contributed by atoms with Crippen molar-refractivity contribution in [3.05, 3.63) is 35.9 Å². The van der Waals surface area contributed by atoms with Crippen molar-refractivity contribution in [3.63, 3.8) is 0 Å². The van der Waals surface area contributed by atoms with Crippen LogP contribution in [-0.2, 0) is 4.79 Å². The van der Waals surface area contributed by atoms with E-state index in [0.29, 0.717) is 4.32 Å². The van der Waals surface area contributed by atoms with Crippen LogP contribution >= 0.6 is 24.0 Å². The molecule has 1 aromatic carbocycles. The largest absolute Gasteiger partial charge is 0.356 e. The van der Waals surface area contributed by atoms with E-state index in [9.17, 15) is 4.79 Å². The van der Waals surface area contributed by atoms with Gasteiger partial charge in [-0.15, -0.1) is 0 Å². The van der Waals surface area contributed by atoms with E-state index in [-0.39, 0.29) is 11.2 Å². The van der Waals surface area contributed by atoms with E-state index in [2.05, 4.69) is 5.32 Å². The van der Waals surface area contributed by atoms with Crippen molar-refractivity contribution in [3.8, 4) is 0 Å². The summed E-state index contributed by atoms with van der Waals surface area (Å²) < 4.78 is 0.568. The molecule has 2 nitrogen and oxygen atoms in total. The van der Waals surface area contributed by atoms with Gasteiger partial charge in [0.15, 0.2) is 0 Å². The molecule has 0 aliphatic carbocycles. The van der Waals surface area contributed by atoms with Crippen LogP contribution in [0.5, 0.6) is 0 Å². The van der Waals surface area contributed by atoms with Crippen molar-refractivity contribution in [1.29, 1.82) is 0 Å².